The Balaban J connectivity index is 2.06. The van der Waals surface area contributed by atoms with Crippen LogP contribution < -0.4 is 15.4 Å². The molecule has 0 atom stereocenters. The molecule has 0 saturated carbocycles. The molecule has 2 aromatic rings. The van der Waals surface area contributed by atoms with Crippen LogP contribution in [0, 0.1) is 0 Å². The maximum atomic E-state index is 12.0. The minimum atomic E-state index is -2.82. The fourth-order valence-electron chi connectivity index (χ4n) is 1.43. The van der Waals surface area contributed by atoms with E-state index in [1.165, 1.54) is 18.5 Å². The summed E-state index contributed by atoms with van der Waals surface area (Å²) in [5, 5.41) is 5.91. The van der Waals surface area contributed by atoms with Gasteiger partial charge in [-0.2, -0.15) is 8.78 Å². The maximum absolute atomic E-state index is 12.0. The zero-order chi connectivity index (χ0) is 13.7. The van der Waals surface area contributed by atoms with Crippen molar-refractivity contribution in [2.24, 2.45) is 0 Å². The highest BCUT2D eigenvalue weighted by Crippen LogP contribution is 2.20. The first-order valence-corrected chi connectivity index (χ1v) is 5.49. The summed E-state index contributed by atoms with van der Waals surface area (Å²) in [6.45, 7) is -2.82. The van der Waals surface area contributed by atoms with E-state index in [0.29, 0.717) is 17.3 Å². The van der Waals surface area contributed by atoms with Crippen molar-refractivity contribution >= 4 is 17.3 Å². The number of nitrogens with zero attached hydrogens (tertiary/aromatic N) is 2. The minimum Gasteiger partial charge on any atom is -0.435 e. The largest absolute Gasteiger partial charge is 0.435 e. The molecule has 0 saturated heterocycles. The monoisotopic (exact) mass is 266 g/mol. The Morgan fingerprint density at radius 2 is 1.79 bits per heavy atom. The van der Waals surface area contributed by atoms with E-state index in [-0.39, 0.29) is 5.75 Å². The van der Waals surface area contributed by atoms with Crippen molar-refractivity contribution in [2.45, 2.75) is 6.61 Å². The average Bonchev–Trinajstić information content (AvgIpc) is 2.41. The predicted molar refractivity (Wildman–Crippen MR) is 67.9 cm³/mol. The van der Waals surface area contributed by atoms with Crippen molar-refractivity contribution in [1.29, 1.82) is 0 Å². The molecule has 2 rings (SSSR count). The second-order valence-electron chi connectivity index (χ2n) is 3.57. The molecule has 0 spiro atoms. The fourth-order valence-corrected chi connectivity index (χ4v) is 1.43. The van der Waals surface area contributed by atoms with E-state index in [1.54, 1.807) is 25.2 Å². The maximum Gasteiger partial charge on any atom is 0.387 e. The van der Waals surface area contributed by atoms with Crippen LogP contribution in [0.25, 0.3) is 0 Å². The smallest absolute Gasteiger partial charge is 0.387 e. The highest BCUT2D eigenvalue weighted by atomic mass is 19.3. The van der Waals surface area contributed by atoms with Gasteiger partial charge in [0.15, 0.2) is 0 Å². The zero-order valence-corrected chi connectivity index (χ0v) is 10.1. The summed E-state index contributed by atoms with van der Waals surface area (Å²) in [5.74, 6) is 1.39. The van der Waals surface area contributed by atoms with Crippen LogP contribution >= 0.6 is 0 Å². The van der Waals surface area contributed by atoms with Gasteiger partial charge < -0.3 is 15.4 Å². The molecule has 1 aromatic carbocycles. The summed E-state index contributed by atoms with van der Waals surface area (Å²) in [6.07, 6.45) is 1.42. The Morgan fingerprint density at radius 3 is 2.42 bits per heavy atom. The Labute approximate surface area is 108 Å². The first-order chi connectivity index (χ1) is 9.17. The topological polar surface area (TPSA) is 59.1 Å². The first kappa shape index (κ1) is 13.0. The molecule has 0 bridgehead atoms. The number of rotatable bonds is 5. The molecule has 0 aliphatic carbocycles. The van der Waals surface area contributed by atoms with E-state index in [1.807, 2.05) is 0 Å². The number of nitrogens with one attached hydrogen (secondary N) is 2. The molecule has 5 nitrogen and oxygen atoms in total. The van der Waals surface area contributed by atoms with Gasteiger partial charge >= 0.3 is 6.61 Å². The first-order valence-electron chi connectivity index (χ1n) is 5.49. The second-order valence-corrected chi connectivity index (χ2v) is 3.57. The van der Waals surface area contributed by atoms with Gasteiger partial charge in [-0.1, -0.05) is 0 Å². The highest BCUT2D eigenvalue weighted by molar-refractivity contribution is 5.59. The normalized spacial score (nSPS) is 10.3. The van der Waals surface area contributed by atoms with Crippen molar-refractivity contribution in [3.05, 3.63) is 36.7 Å². The molecule has 1 heterocycles. The van der Waals surface area contributed by atoms with Crippen molar-refractivity contribution in [3.63, 3.8) is 0 Å². The number of hydrogen-bond acceptors (Lipinski definition) is 5. The van der Waals surface area contributed by atoms with Crippen LogP contribution in [0.3, 0.4) is 0 Å². The summed E-state index contributed by atoms with van der Waals surface area (Å²) in [7, 11) is 1.75. The number of benzene rings is 1. The molecule has 100 valence electrons. The Hall–Kier alpha value is -2.44. The summed E-state index contributed by atoms with van der Waals surface area (Å²) in [4.78, 5) is 8.02. The van der Waals surface area contributed by atoms with Gasteiger partial charge in [0, 0.05) is 18.8 Å². The molecular formula is C12H12F2N4O. The Morgan fingerprint density at radius 1 is 1.11 bits per heavy atom. The zero-order valence-electron chi connectivity index (χ0n) is 10.1. The molecule has 0 aliphatic heterocycles. The molecule has 0 radical (unpaired) electrons. The second kappa shape index (κ2) is 5.94. The molecule has 0 unspecified atom stereocenters. The van der Waals surface area contributed by atoms with Gasteiger partial charge in [-0.25, -0.2) is 9.97 Å². The average molecular weight is 266 g/mol. The van der Waals surface area contributed by atoms with Crippen molar-refractivity contribution in [2.75, 3.05) is 17.7 Å². The Bertz CT molecular complexity index is 534. The summed E-state index contributed by atoms with van der Waals surface area (Å²) in [5.41, 5.74) is 0.711. The van der Waals surface area contributed by atoms with Crippen LogP contribution in [-0.4, -0.2) is 23.6 Å². The number of ether oxygens (including phenoxy) is 1. The lowest BCUT2D eigenvalue weighted by Gasteiger charge is -2.08. The summed E-state index contributed by atoms with van der Waals surface area (Å²) >= 11 is 0. The number of halogens is 2. The molecular weight excluding hydrogens is 254 g/mol. The van der Waals surface area contributed by atoms with Gasteiger partial charge in [-0.15, -0.1) is 0 Å². The van der Waals surface area contributed by atoms with Crippen LogP contribution in [-0.2, 0) is 0 Å². The van der Waals surface area contributed by atoms with Gasteiger partial charge in [-0.05, 0) is 24.3 Å². The van der Waals surface area contributed by atoms with Crippen LogP contribution in [0.1, 0.15) is 0 Å². The lowest BCUT2D eigenvalue weighted by atomic mass is 10.3. The van der Waals surface area contributed by atoms with Crippen LogP contribution in [0.5, 0.6) is 5.75 Å². The van der Waals surface area contributed by atoms with Crippen LogP contribution in [0.2, 0.25) is 0 Å². The van der Waals surface area contributed by atoms with Crippen molar-refractivity contribution in [1.82, 2.24) is 9.97 Å². The molecule has 19 heavy (non-hydrogen) atoms. The van der Waals surface area contributed by atoms with Gasteiger partial charge in [0.2, 0.25) is 0 Å². The highest BCUT2D eigenvalue weighted by Gasteiger charge is 2.04. The molecule has 0 aliphatic rings. The van der Waals surface area contributed by atoms with E-state index in [2.05, 4.69) is 25.3 Å². The fraction of sp³-hybridized carbons (Fsp3) is 0.167. The molecule has 2 N–H and O–H groups in total. The van der Waals surface area contributed by atoms with Gasteiger partial charge in [-0.3, -0.25) is 0 Å². The van der Waals surface area contributed by atoms with Gasteiger partial charge in [0.1, 0.15) is 23.7 Å². The number of hydrogen-bond donors (Lipinski definition) is 2. The van der Waals surface area contributed by atoms with Gasteiger partial charge in [0.25, 0.3) is 0 Å². The summed E-state index contributed by atoms with van der Waals surface area (Å²) < 4.78 is 28.2. The van der Waals surface area contributed by atoms with Crippen LogP contribution in [0.15, 0.2) is 36.7 Å². The van der Waals surface area contributed by atoms with Gasteiger partial charge in [0.05, 0.1) is 0 Å². The molecule has 7 heteroatoms. The SMILES string of the molecule is CNc1cc(Nc2ccc(OC(F)F)cc2)ncn1. The van der Waals surface area contributed by atoms with Crippen LogP contribution in [0.4, 0.5) is 26.1 Å². The minimum absolute atomic E-state index is 0.110. The molecule has 1 aromatic heterocycles. The third-order valence-electron chi connectivity index (χ3n) is 2.28. The number of aromatic nitrogens is 2. The lowest BCUT2D eigenvalue weighted by Crippen LogP contribution is -2.02. The van der Waals surface area contributed by atoms with E-state index >= 15 is 0 Å². The quantitative estimate of drug-likeness (QED) is 0.871. The lowest BCUT2D eigenvalue weighted by molar-refractivity contribution is -0.0498. The van der Waals surface area contributed by atoms with E-state index < -0.39 is 6.61 Å². The Kier molecular flexibility index (Phi) is 4.07. The molecule has 0 fully saturated rings. The predicted octanol–water partition coefficient (Wildman–Crippen LogP) is 2.86. The third-order valence-corrected chi connectivity index (χ3v) is 2.28. The van der Waals surface area contributed by atoms with Crippen molar-refractivity contribution in [3.8, 4) is 5.75 Å². The summed E-state index contributed by atoms with van der Waals surface area (Å²) in [6, 6.07) is 7.88. The number of alkyl halides is 2. The molecule has 0 amide bonds. The van der Waals surface area contributed by atoms with E-state index in [9.17, 15) is 8.78 Å². The third kappa shape index (κ3) is 3.77. The van der Waals surface area contributed by atoms with E-state index in [0.717, 1.165) is 0 Å². The number of anilines is 3. The van der Waals surface area contributed by atoms with Crippen molar-refractivity contribution < 1.29 is 13.5 Å². The van der Waals surface area contributed by atoms with E-state index in [4.69, 9.17) is 0 Å². The standard InChI is InChI=1S/C12H12F2N4O/c1-15-10-6-11(17-7-16-10)18-8-2-4-9(5-3-8)19-12(13)14/h2-7,12H,1H3,(H2,15,16,17,18).